The van der Waals surface area contributed by atoms with E-state index in [9.17, 15) is 19.5 Å². The zero-order valence-corrected chi connectivity index (χ0v) is 46.1. The first-order valence-corrected chi connectivity index (χ1v) is 29.7. The Kier molecular flexibility index (Phi) is 50.0. The molecule has 0 aromatic carbocycles. The number of esters is 2. The summed E-state index contributed by atoms with van der Waals surface area (Å²) in [4.78, 5) is 37.3. The lowest BCUT2D eigenvalue weighted by molar-refractivity contribution is -0.887. The molecule has 0 aliphatic rings. The minimum atomic E-state index is -0.870. The van der Waals surface area contributed by atoms with E-state index < -0.39 is 18.1 Å². The number of aliphatic carboxylic acids is 1. The second-order valence-corrected chi connectivity index (χ2v) is 21.6. The number of hydrogen-bond donors (Lipinski definition) is 1. The molecule has 8 heteroatoms. The summed E-state index contributed by atoms with van der Waals surface area (Å²) < 4.78 is 17.4. The van der Waals surface area contributed by atoms with Crippen LogP contribution in [0.2, 0.25) is 0 Å². The minimum absolute atomic E-state index is 0.0455. The standard InChI is InChI=1S/C60H115NO7/c1-6-8-10-12-14-16-18-20-22-24-26-28-29-31-33-35-37-39-41-43-45-47-49-51-59(63)68-56(54-66-53-52-57(60(64)65)61(3,4)5)55-67-58(62)50-48-46-44-42-40-38-36-34-32-30-27-25-23-21-19-17-15-13-11-9-7-2/h31,33,56-57H,6-30,32,34-55H2,1-5H3/p+1/b33-31+. The quantitative estimate of drug-likeness (QED) is 0.0280. The Labute approximate surface area is 422 Å². The van der Waals surface area contributed by atoms with Gasteiger partial charge in [-0.2, -0.15) is 0 Å². The second kappa shape index (κ2) is 51.4. The third kappa shape index (κ3) is 49.1. The molecule has 0 fully saturated rings. The summed E-state index contributed by atoms with van der Waals surface area (Å²) in [6.07, 6.45) is 59.9. The molecule has 0 rings (SSSR count). The van der Waals surface area contributed by atoms with E-state index in [2.05, 4.69) is 26.0 Å². The van der Waals surface area contributed by atoms with Gasteiger partial charge in [-0.15, -0.1) is 0 Å². The van der Waals surface area contributed by atoms with Gasteiger partial charge < -0.3 is 23.8 Å². The highest BCUT2D eigenvalue weighted by molar-refractivity contribution is 5.72. The van der Waals surface area contributed by atoms with E-state index in [0.717, 1.165) is 38.5 Å². The smallest absolute Gasteiger partial charge is 0.362 e. The predicted molar refractivity (Wildman–Crippen MR) is 289 cm³/mol. The van der Waals surface area contributed by atoms with E-state index >= 15 is 0 Å². The number of carbonyl (C=O) groups is 3. The number of carboxylic acid groups (broad SMARTS) is 1. The van der Waals surface area contributed by atoms with E-state index in [1.54, 1.807) is 0 Å². The first kappa shape index (κ1) is 66.1. The van der Waals surface area contributed by atoms with Crippen LogP contribution in [0.25, 0.3) is 0 Å². The fourth-order valence-corrected chi connectivity index (χ4v) is 9.33. The lowest BCUT2D eigenvalue weighted by atomic mass is 10.0. The van der Waals surface area contributed by atoms with Crippen molar-refractivity contribution in [3.63, 3.8) is 0 Å². The van der Waals surface area contributed by atoms with E-state index in [1.165, 1.54) is 231 Å². The number of ether oxygens (including phenoxy) is 3. The number of rotatable bonds is 55. The van der Waals surface area contributed by atoms with Crippen LogP contribution in [-0.2, 0) is 28.6 Å². The van der Waals surface area contributed by atoms with Gasteiger partial charge in [0.2, 0.25) is 0 Å². The maximum atomic E-state index is 12.8. The lowest BCUT2D eigenvalue weighted by Gasteiger charge is -2.31. The predicted octanol–water partition coefficient (Wildman–Crippen LogP) is 17.8. The monoisotopic (exact) mass is 963 g/mol. The first-order chi connectivity index (χ1) is 33.1. The molecule has 0 saturated carbocycles. The molecule has 0 aliphatic carbocycles. The summed E-state index contributed by atoms with van der Waals surface area (Å²) >= 11 is 0. The van der Waals surface area contributed by atoms with Gasteiger partial charge in [-0.1, -0.05) is 257 Å². The normalized spacial score (nSPS) is 12.8. The molecule has 0 aliphatic heterocycles. The second-order valence-electron chi connectivity index (χ2n) is 21.6. The van der Waals surface area contributed by atoms with Gasteiger partial charge in [0.15, 0.2) is 12.1 Å². The first-order valence-electron chi connectivity index (χ1n) is 29.7. The van der Waals surface area contributed by atoms with Crippen LogP contribution in [-0.4, -0.2) is 80.6 Å². The van der Waals surface area contributed by atoms with Gasteiger partial charge in [-0.3, -0.25) is 9.59 Å². The summed E-state index contributed by atoms with van der Waals surface area (Å²) in [5, 5.41) is 9.68. The molecule has 0 heterocycles. The zero-order valence-electron chi connectivity index (χ0n) is 46.1. The highest BCUT2D eigenvalue weighted by Gasteiger charge is 2.31. The van der Waals surface area contributed by atoms with Gasteiger partial charge in [0.05, 0.1) is 34.4 Å². The molecular weight excluding hydrogens is 847 g/mol. The average molecular weight is 964 g/mol. The van der Waals surface area contributed by atoms with E-state index in [-0.39, 0.29) is 36.2 Å². The van der Waals surface area contributed by atoms with Gasteiger partial charge in [0.1, 0.15) is 6.61 Å². The van der Waals surface area contributed by atoms with Crippen molar-refractivity contribution in [2.75, 3.05) is 41.0 Å². The van der Waals surface area contributed by atoms with Crippen molar-refractivity contribution in [3.05, 3.63) is 12.2 Å². The molecule has 8 nitrogen and oxygen atoms in total. The van der Waals surface area contributed by atoms with Crippen LogP contribution in [0.3, 0.4) is 0 Å². The minimum Gasteiger partial charge on any atom is -0.477 e. The van der Waals surface area contributed by atoms with Crippen molar-refractivity contribution < 1.29 is 38.2 Å². The summed E-state index contributed by atoms with van der Waals surface area (Å²) in [6.45, 7) is 4.80. The van der Waals surface area contributed by atoms with Crippen molar-refractivity contribution in [2.45, 2.75) is 315 Å². The number of nitrogens with zero attached hydrogens (tertiary/aromatic N) is 1. The SMILES string of the molecule is CCCCCCCCCCCCCC/C=C/CCCCCCCCCC(=O)OC(COCCC(C(=O)O)[N+](C)(C)C)COC(=O)CCCCCCCCCCCCCCCCCCCCCCC. The lowest BCUT2D eigenvalue weighted by Crippen LogP contribution is -2.50. The molecule has 0 aromatic rings. The molecule has 2 atom stereocenters. The van der Waals surface area contributed by atoms with E-state index in [4.69, 9.17) is 14.2 Å². The van der Waals surface area contributed by atoms with Crippen molar-refractivity contribution >= 4 is 17.9 Å². The van der Waals surface area contributed by atoms with Crippen molar-refractivity contribution in [2.24, 2.45) is 0 Å². The van der Waals surface area contributed by atoms with Crippen molar-refractivity contribution in [3.8, 4) is 0 Å². The van der Waals surface area contributed by atoms with Gasteiger partial charge in [-0.25, -0.2) is 4.79 Å². The highest BCUT2D eigenvalue weighted by atomic mass is 16.6. The molecule has 0 radical (unpaired) electrons. The van der Waals surface area contributed by atoms with Crippen LogP contribution in [0.15, 0.2) is 12.2 Å². The Morgan fingerprint density at radius 3 is 1.06 bits per heavy atom. The zero-order chi connectivity index (χ0) is 49.9. The molecule has 0 amide bonds. The maximum Gasteiger partial charge on any atom is 0.362 e. The Hall–Kier alpha value is -1.93. The summed E-state index contributed by atoms with van der Waals surface area (Å²) in [6, 6.07) is -0.613. The molecule has 0 aromatic heterocycles. The fourth-order valence-electron chi connectivity index (χ4n) is 9.33. The van der Waals surface area contributed by atoms with Crippen molar-refractivity contribution in [1.29, 1.82) is 0 Å². The van der Waals surface area contributed by atoms with Crippen LogP contribution in [0.1, 0.15) is 303 Å². The third-order valence-electron chi connectivity index (χ3n) is 13.9. The fraction of sp³-hybridized carbons (Fsp3) is 0.917. The highest BCUT2D eigenvalue weighted by Crippen LogP contribution is 2.18. The van der Waals surface area contributed by atoms with Crippen molar-refractivity contribution in [1.82, 2.24) is 0 Å². The van der Waals surface area contributed by atoms with Gasteiger partial charge >= 0.3 is 17.9 Å². The molecule has 2 unspecified atom stereocenters. The molecule has 0 saturated heterocycles. The van der Waals surface area contributed by atoms with Gasteiger partial charge in [0.25, 0.3) is 0 Å². The number of likely N-dealkylation sites (N-methyl/N-ethyl adjacent to an activating group) is 1. The van der Waals surface area contributed by atoms with E-state index in [1.807, 2.05) is 21.1 Å². The molecule has 0 bridgehead atoms. The Morgan fingerprint density at radius 2 is 0.735 bits per heavy atom. The average Bonchev–Trinajstić information content (AvgIpc) is 3.30. The number of allylic oxidation sites excluding steroid dienone is 2. The van der Waals surface area contributed by atoms with Crippen LogP contribution in [0.4, 0.5) is 0 Å². The number of carboxylic acids is 1. The number of unbranched alkanes of at least 4 members (excludes halogenated alkanes) is 39. The van der Waals surface area contributed by atoms with Crippen LogP contribution >= 0.6 is 0 Å². The number of quaternary nitrogens is 1. The molecule has 1 N–H and O–H groups in total. The van der Waals surface area contributed by atoms with Crippen LogP contribution in [0.5, 0.6) is 0 Å². The van der Waals surface area contributed by atoms with E-state index in [0.29, 0.717) is 19.3 Å². The molecular formula is C60H116NO7+. The molecule has 68 heavy (non-hydrogen) atoms. The molecule has 402 valence electrons. The largest absolute Gasteiger partial charge is 0.477 e. The summed E-state index contributed by atoms with van der Waals surface area (Å²) in [7, 11) is 5.56. The van der Waals surface area contributed by atoms with Gasteiger partial charge in [0, 0.05) is 19.3 Å². The van der Waals surface area contributed by atoms with Gasteiger partial charge in [-0.05, 0) is 38.5 Å². The Balaban J connectivity index is 4.12. The third-order valence-corrected chi connectivity index (χ3v) is 13.9. The Morgan fingerprint density at radius 1 is 0.426 bits per heavy atom. The maximum absolute atomic E-state index is 12.8. The number of hydrogen-bond acceptors (Lipinski definition) is 6. The number of carbonyl (C=O) groups excluding carboxylic acids is 2. The topological polar surface area (TPSA) is 99.1 Å². The van der Waals surface area contributed by atoms with Crippen LogP contribution < -0.4 is 0 Å². The summed E-state index contributed by atoms with van der Waals surface area (Å²) in [5.74, 6) is -1.44. The van der Waals surface area contributed by atoms with Crippen LogP contribution in [0, 0.1) is 0 Å². The molecule has 0 spiro atoms. The summed E-state index contributed by atoms with van der Waals surface area (Å²) in [5.41, 5.74) is 0. The Bertz CT molecular complexity index is 1120.